The van der Waals surface area contributed by atoms with E-state index in [1.165, 1.54) is 18.3 Å². The van der Waals surface area contributed by atoms with Crippen molar-refractivity contribution in [3.05, 3.63) is 46.4 Å². The third kappa shape index (κ3) is 2.82. The van der Waals surface area contributed by atoms with E-state index >= 15 is 0 Å². The number of hydrogen-bond acceptors (Lipinski definition) is 7. The Morgan fingerprint density at radius 2 is 2.00 bits per heavy atom. The Morgan fingerprint density at radius 3 is 2.81 bits per heavy atom. The number of benzene rings is 2. The van der Waals surface area contributed by atoms with Gasteiger partial charge in [0.2, 0.25) is 0 Å². The molecule has 3 N–H and O–H groups in total. The van der Waals surface area contributed by atoms with Crippen LogP contribution in [0.15, 0.2) is 46.0 Å². The monoisotopic (exact) mass is 412 g/mol. The van der Waals surface area contributed by atoms with Gasteiger partial charge >= 0.3 is 0 Å². The van der Waals surface area contributed by atoms with Crippen LogP contribution in [0.25, 0.3) is 22.1 Å². The molecule has 4 aromatic rings. The van der Waals surface area contributed by atoms with Crippen LogP contribution in [-0.4, -0.2) is 36.2 Å². The number of aromatic nitrogens is 4. The zero-order valence-corrected chi connectivity index (χ0v) is 15.1. The average Bonchev–Trinajstić information content (AvgIpc) is 2.89. The van der Waals surface area contributed by atoms with Gasteiger partial charge in [0.15, 0.2) is 5.65 Å². The van der Waals surface area contributed by atoms with Crippen LogP contribution in [0.2, 0.25) is 0 Å². The standard InChI is InChI=1S/C17H13BrN6O2/c1-24-13-5-3-10(18)6-12(13)15-16(24)20-17(23-21-15)22-19-8-9-2-4-11(25)7-14(9)26/h2-8,25-26H,1H3,(H,20,22,23)/b19-8-. The highest BCUT2D eigenvalue weighted by molar-refractivity contribution is 9.10. The summed E-state index contributed by atoms with van der Waals surface area (Å²) in [7, 11) is 1.91. The highest BCUT2D eigenvalue weighted by Gasteiger charge is 2.12. The molecular weight excluding hydrogens is 400 g/mol. The summed E-state index contributed by atoms with van der Waals surface area (Å²) < 4.78 is 2.90. The van der Waals surface area contributed by atoms with Gasteiger partial charge in [-0.25, -0.2) is 5.43 Å². The van der Waals surface area contributed by atoms with Crippen molar-refractivity contribution in [1.82, 2.24) is 19.7 Å². The van der Waals surface area contributed by atoms with Crippen LogP contribution in [0, 0.1) is 0 Å². The summed E-state index contributed by atoms with van der Waals surface area (Å²) in [5, 5.41) is 32.3. The van der Waals surface area contributed by atoms with Crippen molar-refractivity contribution >= 4 is 50.2 Å². The number of halogens is 1. The van der Waals surface area contributed by atoms with Crippen molar-refractivity contribution in [2.45, 2.75) is 0 Å². The van der Waals surface area contributed by atoms with E-state index < -0.39 is 0 Å². The molecular formula is C17H13BrN6O2. The van der Waals surface area contributed by atoms with Gasteiger partial charge in [-0.3, -0.25) is 0 Å². The summed E-state index contributed by atoms with van der Waals surface area (Å²) in [6.45, 7) is 0. The van der Waals surface area contributed by atoms with Crippen molar-refractivity contribution in [3.8, 4) is 11.5 Å². The molecule has 0 amide bonds. The first-order valence-corrected chi connectivity index (χ1v) is 8.41. The lowest BCUT2D eigenvalue weighted by molar-refractivity contribution is 0.450. The lowest BCUT2D eigenvalue weighted by Gasteiger charge is -2.01. The van der Waals surface area contributed by atoms with Crippen LogP contribution in [0.4, 0.5) is 5.95 Å². The molecule has 2 heterocycles. The fourth-order valence-electron chi connectivity index (χ4n) is 2.68. The van der Waals surface area contributed by atoms with Gasteiger partial charge in [0.05, 0.1) is 11.7 Å². The molecule has 4 rings (SSSR count). The highest BCUT2D eigenvalue weighted by Crippen LogP contribution is 2.28. The Bertz CT molecular complexity index is 1170. The third-order valence-electron chi connectivity index (χ3n) is 3.94. The van der Waals surface area contributed by atoms with E-state index in [-0.39, 0.29) is 17.4 Å². The van der Waals surface area contributed by atoms with Crippen LogP contribution in [-0.2, 0) is 7.05 Å². The molecule has 0 spiro atoms. The predicted octanol–water partition coefficient (Wildman–Crippen LogP) is 3.14. The average molecular weight is 413 g/mol. The Balaban J connectivity index is 1.66. The highest BCUT2D eigenvalue weighted by atomic mass is 79.9. The predicted molar refractivity (Wildman–Crippen MR) is 102 cm³/mol. The number of rotatable bonds is 3. The first kappa shape index (κ1) is 16.3. The fourth-order valence-corrected chi connectivity index (χ4v) is 3.04. The van der Waals surface area contributed by atoms with E-state index in [2.05, 4.69) is 41.6 Å². The molecule has 0 saturated heterocycles. The molecule has 0 aliphatic rings. The van der Waals surface area contributed by atoms with Gasteiger partial charge < -0.3 is 14.8 Å². The normalized spacial score (nSPS) is 11.6. The van der Waals surface area contributed by atoms with E-state index in [4.69, 9.17) is 0 Å². The Hall–Kier alpha value is -3.20. The Kier molecular flexibility index (Phi) is 3.92. The molecule has 0 saturated carbocycles. The Labute approximate surface area is 155 Å². The minimum Gasteiger partial charge on any atom is -0.508 e. The molecule has 0 unspecified atom stereocenters. The summed E-state index contributed by atoms with van der Waals surface area (Å²) in [6.07, 6.45) is 1.40. The molecule has 2 aromatic carbocycles. The summed E-state index contributed by atoms with van der Waals surface area (Å²) in [5.41, 5.74) is 5.52. The topological polar surface area (TPSA) is 108 Å². The molecule has 0 bridgehead atoms. The van der Waals surface area contributed by atoms with E-state index in [9.17, 15) is 10.2 Å². The van der Waals surface area contributed by atoms with Gasteiger partial charge in [-0.15, -0.1) is 10.2 Å². The zero-order chi connectivity index (χ0) is 18.3. The minimum atomic E-state index is -0.0793. The molecule has 8 nitrogen and oxygen atoms in total. The molecule has 0 fully saturated rings. The number of fused-ring (bicyclic) bond motifs is 3. The summed E-state index contributed by atoms with van der Waals surface area (Å²) >= 11 is 3.46. The van der Waals surface area contributed by atoms with Gasteiger partial charge in [0.1, 0.15) is 17.0 Å². The molecule has 0 aliphatic heterocycles. The van der Waals surface area contributed by atoms with Crippen molar-refractivity contribution in [1.29, 1.82) is 0 Å². The van der Waals surface area contributed by atoms with Gasteiger partial charge in [-0.05, 0) is 30.3 Å². The SMILES string of the molecule is Cn1c2ccc(Br)cc2c2nnc(N/N=C\c3ccc(O)cc3O)nc21. The van der Waals surface area contributed by atoms with E-state index in [1.54, 1.807) is 6.07 Å². The number of hydrogen-bond donors (Lipinski definition) is 3. The maximum Gasteiger partial charge on any atom is 0.265 e. The summed E-state index contributed by atoms with van der Waals surface area (Å²) in [4.78, 5) is 4.46. The number of nitrogens with zero attached hydrogens (tertiary/aromatic N) is 5. The Morgan fingerprint density at radius 1 is 1.15 bits per heavy atom. The number of phenolic OH excluding ortho intramolecular Hbond substituents is 2. The molecule has 0 radical (unpaired) electrons. The maximum absolute atomic E-state index is 9.74. The molecule has 9 heteroatoms. The van der Waals surface area contributed by atoms with Crippen molar-refractivity contribution in [3.63, 3.8) is 0 Å². The van der Waals surface area contributed by atoms with E-state index in [0.29, 0.717) is 16.7 Å². The molecule has 130 valence electrons. The third-order valence-corrected chi connectivity index (χ3v) is 4.44. The van der Waals surface area contributed by atoms with Crippen molar-refractivity contribution in [2.75, 3.05) is 5.43 Å². The summed E-state index contributed by atoms with van der Waals surface area (Å²) in [5.74, 6) is 0.134. The lowest BCUT2D eigenvalue weighted by atomic mass is 10.2. The number of anilines is 1. The van der Waals surface area contributed by atoms with E-state index in [1.807, 2.05) is 29.8 Å². The molecule has 26 heavy (non-hydrogen) atoms. The number of aryl methyl sites for hydroxylation is 1. The van der Waals surface area contributed by atoms with Crippen molar-refractivity contribution < 1.29 is 10.2 Å². The second-order valence-electron chi connectivity index (χ2n) is 5.64. The van der Waals surface area contributed by atoms with Crippen LogP contribution < -0.4 is 5.43 Å². The minimum absolute atomic E-state index is 0.0204. The lowest BCUT2D eigenvalue weighted by Crippen LogP contribution is -2.00. The maximum atomic E-state index is 9.74. The number of phenols is 2. The van der Waals surface area contributed by atoms with Gasteiger partial charge in [-0.2, -0.15) is 10.1 Å². The van der Waals surface area contributed by atoms with Crippen LogP contribution >= 0.6 is 15.9 Å². The number of aromatic hydroxyl groups is 2. The largest absolute Gasteiger partial charge is 0.508 e. The fraction of sp³-hybridized carbons (Fsp3) is 0.0588. The number of nitrogens with one attached hydrogen (secondary N) is 1. The first-order valence-electron chi connectivity index (χ1n) is 7.62. The molecule has 0 aliphatic carbocycles. The van der Waals surface area contributed by atoms with Crippen LogP contribution in [0.3, 0.4) is 0 Å². The van der Waals surface area contributed by atoms with Crippen LogP contribution in [0.1, 0.15) is 5.56 Å². The van der Waals surface area contributed by atoms with Crippen molar-refractivity contribution in [2.24, 2.45) is 12.1 Å². The van der Waals surface area contributed by atoms with Gasteiger partial charge in [0.25, 0.3) is 5.95 Å². The quantitative estimate of drug-likeness (QED) is 0.352. The molecule has 2 aromatic heterocycles. The van der Waals surface area contributed by atoms with Gasteiger partial charge in [-0.1, -0.05) is 15.9 Å². The van der Waals surface area contributed by atoms with E-state index in [0.717, 1.165) is 15.4 Å². The zero-order valence-electron chi connectivity index (χ0n) is 13.5. The second kappa shape index (κ2) is 6.26. The smallest absolute Gasteiger partial charge is 0.265 e. The second-order valence-corrected chi connectivity index (χ2v) is 6.56. The molecule has 0 atom stereocenters. The number of hydrazone groups is 1. The summed E-state index contributed by atoms with van der Waals surface area (Å²) in [6, 6.07) is 10.2. The first-order chi connectivity index (χ1) is 12.5. The van der Waals surface area contributed by atoms with Crippen LogP contribution in [0.5, 0.6) is 11.5 Å². The van der Waals surface area contributed by atoms with Gasteiger partial charge in [0, 0.05) is 28.5 Å².